The molecule has 2 aliphatic rings. The third-order valence-corrected chi connectivity index (χ3v) is 2.10. The second-order valence-corrected chi connectivity index (χ2v) is 2.72. The zero-order valence-electron chi connectivity index (χ0n) is 5.51. The fourth-order valence-corrected chi connectivity index (χ4v) is 1.60. The molecule has 1 atom stereocenters. The largest absolute Gasteiger partial charge is 0.330 e. The molecule has 2 rings (SSSR count). The lowest BCUT2D eigenvalue weighted by Crippen LogP contribution is -2.28. The van der Waals surface area contributed by atoms with E-state index in [2.05, 4.69) is 0 Å². The van der Waals surface area contributed by atoms with Gasteiger partial charge in [0, 0.05) is 6.54 Å². The minimum Gasteiger partial charge on any atom is -0.330 e. The minimum absolute atomic E-state index is 0.0764. The van der Waals surface area contributed by atoms with Crippen LogP contribution in [0.4, 0.5) is 4.39 Å². The number of hydrogen-bond acceptors (Lipinski definition) is 1. The molecule has 54 valence electrons. The lowest BCUT2D eigenvalue weighted by molar-refractivity contribution is -0.127. The molecule has 1 amide bonds. The molecule has 1 saturated heterocycles. The first-order valence-corrected chi connectivity index (χ1v) is 3.47. The van der Waals surface area contributed by atoms with Crippen LogP contribution in [0.2, 0.25) is 0 Å². The van der Waals surface area contributed by atoms with E-state index in [9.17, 15) is 9.18 Å². The first kappa shape index (κ1) is 5.89. The summed E-state index contributed by atoms with van der Waals surface area (Å²) in [6.07, 6.45) is 3.37. The highest BCUT2D eigenvalue weighted by Crippen LogP contribution is 2.27. The number of carbonyl (C=O) groups excluding carboxylic acids is 1. The molecular weight excluding hydrogens is 133 g/mol. The zero-order valence-corrected chi connectivity index (χ0v) is 5.51. The van der Waals surface area contributed by atoms with Crippen molar-refractivity contribution in [3.8, 4) is 0 Å². The van der Waals surface area contributed by atoms with Gasteiger partial charge in [-0.2, -0.15) is 0 Å². The summed E-state index contributed by atoms with van der Waals surface area (Å²) in [6.45, 7) is 0.730. The first-order valence-electron chi connectivity index (χ1n) is 3.47. The SMILES string of the molecule is O=C1C(F)=CC2CCCN12. The standard InChI is InChI=1S/C7H8FNO/c8-6-4-5-2-1-3-9(5)7(6)10/h4-5H,1-3H2. The van der Waals surface area contributed by atoms with E-state index >= 15 is 0 Å². The maximum Gasteiger partial charge on any atom is 0.282 e. The van der Waals surface area contributed by atoms with Crippen LogP contribution in [-0.4, -0.2) is 23.4 Å². The van der Waals surface area contributed by atoms with Crippen LogP contribution in [0, 0.1) is 0 Å². The molecule has 10 heavy (non-hydrogen) atoms. The molecule has 0 aliphatic carbocycles. The van der Waals surface area contributed by atoms with Crippen molar-refractivity contribution >= 4 is 5.91 Å². The Labute approximate surface area is 58.3 Å². The quantitative estimate of drug-likeness (QED) is 0.489. The highest BCUT2D eigenvalue weighted by molar-refractivity contribution is 5.94. The average Bonchev–Trinajstić information content (AvgIpc) is 2.41. The van der Waals surface area contributed by atoms with Crippen LogP contribution in [0.1, 0.15) is 12.8 Å². The predicted octanol–water partition coefficient (Wildman–Crippen LogP) is 0.844. The van der Waals surface area contributed by atoms with Gasteiger partial charge in [-0.25, -0.2) is 4.39 Å². The molecule has 0 N–H and O–H groups in total. The maximum absolute atomic E-state index is 12.5. The van der Waals surface area contributed by atoms with Crippen molar-refractivity contribution < 1.29 is 9.18 Å². The van der Waals surface area contributed by atoms with E-state index in [0.717, 1.165) is 19.4 Å². The van der Waals surface area contributed by atoms with Crippen LogP contribution in [0.15, 0.2) is 11.9 Å². The molecule has 2 heterocycles. The van der Waals surface area contributed by atoms with Crippen LogP contribution in [-0.2, 0) is 4.79 Å². The van der Waals surface area contributed by atoms with Crippen molar-refractivity contribution in [3.63, 3.8) is 0 Å². The summed E-state index contributed by atoms with van der Waals surface area (Å²) in [7, 11) is 0. The number of nitrogens with zero attached hydrogens (tertiary/aromatic N) is 1. The van der Waals surface area contributed by atoms with Gasteiger partial charge in [0.15, 0.2) is 5.83 Å². The third-order valence-electron chi connectivity index (χ3n) is 2.10. The van der Waals surface area contributed by atoms with E-state index in [-0.39, 0.29) is 6.04 Å². The second-order valence-electron chi connectivity index (χ2n) is 2.72. The van der Waals surface area contributed by atoms with Gasteiger partial charge in [-0.05, 0) is 18.9 Å². The summed E-state index contributed by atoms with van der Waals surface area (Å²) in [5, 5.41) is 0. The molecule has 2 nitrogen and oxygen atoms in total. The lowest BCUT2D eigenvalue weighted by Gasteiger charge is -2.13. The molecule has 3 heteroatoms. The lowest BCUT2D eigenvalue weighted by atomic mass is 10.2. The summed E-state index contributed by atoms with van der Waals surface area (Å²) in [4.78, 5) is 12.5. The summed E-state index contributed by atoms with van der Waals surface area (Å²) in [6, 6.07) is 0.0764. The maximum atomic E-state index is 12.5. The van der Waals surface area contributed by atoms with E-state index in [1.54, 1.807) is 4.90 Å². The molecule has 0 spiro atoms. The predicted molar refractivity (Wildman–Crippen MR) is 33.9 cm³/mol. The van der Waals surface area contributed by atoms with Crippen LogP contribution >= 0.6 is 0 Å². The summed E-state index contributed by atoms with van der Waals surface area (Å²) < 4.78 is 12.5. The van der Waals surface area contributed by atoms with E-state index in [0.29, 0.717) is 0 Å². The van der Waals surface area contributed by atoms with Gasteiger partial charge in [0.1, 0.15) is 0 Å². The average molecular weight is 141 g/mol. The number of fused-ring (bicyclic) bond motifs is 1. The summed E-state index contributed by atoms with van der Waals surface area (Å²) >= 11 is 0. The monoisotopic (exact) mass is 141 g/mol. The van der Waals surface area contributed by atoms with Crippen LogP contribution in [0.3, 0.4) is 0 Å². The van der Waals surface area contributed by atoms with Gasteiger partial charge in [-0.3, -0.25) is 4.79 Å². The Hall–Kier alpha value is -0.860. The van der Waals surface area contributed by atoms with Crippen molar-refractivity contribution in [2.75, 3.05) is 6.54 Å². The van der Waals surface area contributed by atoms with E-state index < -0.39 is 11.7 Å². The molecule has 2 aliphatic heterocycles. The first-order chi connectivity index (χ1) is 4.79. The number of carbonyl (C=O) groups is 1. The van der Waals surface area contributed by atoms with Crippen LogP contribution in [0.25, 0.3) is 0 Å². The molecule has 0 aromatic heterocycles. The molecule has 0 bridgehead atoms. The molecule has 0 saturated carbocycles. The molecular formula is C7H8FNO. The summed E-state index contributed by atoms with van der Waals surface area (Å²) in [5.74, 6) is -0.979. The minimum atomic E-state index is -0.565. The topological polar surface area (TPSA) is 20.3 Å². The molecule has 1 fully saturated rings. The Morgan fingerprint density at radius 1 is 1.70 bits per heavy atom. The van der Waals surface area contributed by atoms with E-state index in [1.807, 2.05) is 0 Å². The van der Waals surface area contributed by atoms with Crippen LogP contribution in [0.5, 0.6) is 0 Å². The number of amides is 1. The number of rotatable bonds is 0. The number of hydrogen-bond donors (Lipinski definition) is 0. The van der Waals surface area contributed by atoms with Crippen molar-refractivity contribution in [2.24, 2.45) is 0 Å². The molecule has 0 radical (unpaired) electrons. The molecule has 0 aromatic rings. The third kappa shape index (κ3) is 0.602. The fraction of sp³-hybridized carbons (Fsp3) is 0.571. The van der Waals surface area contributed by atoms with Crippen molar-refractivity contribution in [1.82, 2.24) is 4.90 Å². The van der Waals surface area contributed by atoms with Gasteiger partial charge in [0.25, 0.3) is 5.91 Å². The van der Waals surface area contributed by atoms with Gasteiger partial charge < -0.3 is 4.90 Å². The van der Waals surface area contributed by atoms with E-state index in [4.69, 9.17) is 0 Å². The highest BCUT2D eigenvalue weighted by Gasteiger charge is 2.35. The Kier molecular flexibility index (Phi) is 1.07. The van der Waals surface area contributed by atoms with Gasteiger partial charge in [-0.15, -0.1) is 0 Å². The Balaban J connectivity index is 2.28. The zero-order chi connectivity index (χ0) is 7.14. The normalized spacial score (nSPS) is 30.9. The highest BCUT2D eigenvalue weighted by atomic mass is 19.1. The van der Waals surface area contributed by atoms with Crippen molar-refractivity contribution in [2.45, 2.75) is 18.9 Å². The fourth-order valence-electron chi connectivity index (χ4n) is 1.60. The van der Waals surface area contributed by atoms with E-state index in [1.165, 1.54) is 6.08 Å². The molecule has 0 aromatic carbocycles. The van der Waals surface area contributed by atoms with Crippen molar-refractivity contribution in [1.29, 1.82) is 0 Å². The molecule has 1 unspecified atom stereocenters. The van der Waals surface area contributed by atoms with Crippen molar-refractivity contribution in [3.05, 3.63) is 11.9 Å². The van der Waals surface area contributed by atoms with Gasteiger partial charge in [-0.1, -0.05) is 0 Å². The smallest absolute Gasteiger partial charge is 0.282 e. The second kappa shape index (κ2) is 1.81. The Bertz CT molecular complexity index is 212. The summed E-state index contributed by atoms with van der Waals surface area (Å²) in [5.41, 5.74) is 0. The Morgan fingerprint density at radius 2 is 2.50 bits per heavy atom. The number of halogens is 1. The van der Waals surface area contributed by atoms with Gasteiger partial charge in [0.05, 0.1) is 6.04 Å². The van der Waals surface area contributed by atoms with Gasteiger partial charge in [0.2, 0.25) is 0 Å². The van der Waals surface area contributed by atoms with Crippen LogP contribution < -0.4 is 0 Å². The van der Waals surface area contributed by atoms with Gasteiger partial charge >= 0.3 is 0 Å². The Morgan fingerprint density at radius 3 is 3.20 bits per heavy atom.